The minimum atomic E-state index is 0.260. The van der Waals surface area contributed by atoms with Crippen LogP contribution in [0.3, 0.4) is 0 Å². The number of phenols is 1. The van der Waals surface area contributed by atoms with Crippen molar-refractivity contribution < 1.29 is 5.11 Å². The van der Waals surface area contributed by atoms with E-state index in [0.717, 1.165) is 45.6 Å². The highest BCUT2D eigenvalue weighted by atomic mass is 32.2. The van der Waals surface area contributed by atoms with Gasteiger partial charge in [0.1, 0.15) is 11.6 Å². The third-order valence-corrected chi connectivity index (χ3v) is 5.95. The van der Waals surface area contributed by atoms with Crippen LogP contribution >= 0.6 is 11.9 Å². The van der Waals surface area contributed by atoms with E-state index in [1.165, 1.54) is 6.21 Å². The average molecular weight is 421 g/mol. The van der Waals surface area contributed by atoms with E-state index in [1.54, 1.807) is 24.1 Å². The second-order valence-corrected chi connectivity index (χ2v) is 8.00. The Kier molecular flexibility index (Phi) is 7.00. The third-order valence-electron chi connectivity index (χ3n) is 5.21. The lowest BCUT2D eigenvalue weighted by Gasteiger charge is -2.20. The van der Waals surface area contributed by atoms with Crippen molar-refractivity contribution in [2.75, 3.05) is 22.9 Å². The van der Waals surface area contributed by atoms with Gasteiger partial charge in [-0.25, -0.2) is 4.98 Å². The van der Waals surface area contributed by atoms with Crippen LogP contribution in [-0.4, -0.2) is 29.6 Å². The molecule has 3 N–H and O–H groups in total. The van der Waals surface area contributed by atoms with Crippen LogP contribution in [0.5, 0.6) is 5.75 Å². The number of anilines is 2. The molecule has 1 aromatic heterocycles. The summed E-state index contributed by atoms with van der Waals surface area (Å²) in [5.41, 5.74) is 6.96. The van der Waals surface area contributed by atoms with Gasteiger partial charge in [0.25, 0.3) is 0 Å². The molecule has 6 heteroatoms. The molecule has 0 aliphatic heterocycles. The van der Waals surface area contributed by atoms with E-state index >= 15 is 0 Å². The van der Waals surface area contributed by atoms with Crippen molar-refractivity contribution >= 4 is 29.7 Å². The number of aromatic hydroxyl groups is 1. The molecular formula is C24H28N4OS. The highest BCUT2D eigenvalue weighted by molar-refractivity contribution is 7.99. The Morgan fingerprint density at radius 3 is 2.63 bits per heavy atom. The Morgan fingerprint density at radius 2 is 1.93 bits per heavy atom. The van der Waals surface area contributed by atoms with Gasteiger partial charge in [-0.2, -0.15) is 0 Å². The summed E-state index contributed by atoms with van der Waals surface area (Å²) in [5.74, 6) is 0.952. The molecule has 0 amide bonds. The lowest BCUT2D eigenvalue weighted by molar-refractivity contribution is 0.474. The molecule has 5 nitrogen and oxygen atoms in total. The zero-order valence-corrected chi connectivity index (χ0v) is 18.7. The second-order valence-electron chi connectivity index (χ2n) is 7.09. The van der Waals surface area contributed by atoms with Crippen LogP contribution in [0.15, 0.2) is 48.5 Å². The summed E-state index contributed by atoms with van der Waals surface area (Å²) in [6, 6.07) is 15.7. The van der Waals surface area contributed by atoms with Gasteiger partial charge in [-0.3, -0.25) is 0 Å². The number of aromatic nitrogens is 1. The molecule has 0 saturated heterocycles. The van der Waals surface area contributed by atoms with E-state index in [2.05, 4.69) is 34.9 Å². The van der Waals surface area contributed by atoms with Gasteiger partial charge in [-0.05, 0) is 60.4 Å². The number of phenolic OH excluding ortho intramolecular Hbond substituents is 1. The number of hydrogen-bond acceptors (Lipinski definition) is 6. The lowest BCUT2D eigenvalue weighted by Crippen LogP contribution is -2.12. The molecule has 1 heterocycles. The summed E-state index contributed by atoms with van der Waals surface area (Å²) >= 11 is 1.66. The Balaban J connectivity index is 1.99. The molecule has 0 bridgehead atoms. The monoisotopic (exact) mass is 420 g/mol. The predicted octanol–water partition coefficient (Wildman–Crippen LogP) is 5.65. The normalized spacial score (nSPS) is 10.7. The van der Waals surface area contributed by atoms with Gasteiger partial charge >= 0.3 is 0 Å². The van der Waals surface area contributed by atoms with Gasteiger partial charge in [0.2, 0.25) is 0 Å². The number of nitrogens with zero attached hydrogens (tertiary/aromatic N) is 2. The molecule has 0 atom stereocenters. The highest BCUT2D eigenvalue weighted by Gasteiger charge is 2.14. The summed E-state index contributed by atoms with van der Waals surface area (Å²) in [6.07, 6.45) is 4.20. The van der Waals surface area contributed by atoms with E-state index in [1.807, 2.05) is 38.2 Å². The number of hydrogen-bond donors (Lipinski definition) is 3. The smallest absolute Gasteiger partial charge is 0.136 e. The van der Waals surface area contributed by atoms with Crippen molar-refractivity contribution in [2.45, 2.75) is 26.8 Å². The minimum Gasteiger partial charge on any atom is -0.508 e. The molecule has 0 radical (unpaired) electrons. The first kappa shape index (κ1) is 21.7. The topological polar surface area (TPSA) is 72.2 Å². The van der Waals surface area contributed by atoms with Gasteiger partial charge in [-0.15, -0.1) is 0 Å². The van der Waals surface area contributed by atoms with Gasteiger partial charge < -0.3 is 20.1 Å². The van der Waals surface area contributed by atoms with Crippen LogP contribution in [0.25, 0.3) is 11.3 Å². The van der Waals surface area contributed by atoms with Crippen LogP contribution < -0.4 is 9.62 Å². The first-order valence-electron chi connectivity index (χ1n) is 9.92. The van der Waals surface area contributed by atoms with Crippen molar-refractivity contribution in [3.63, 3.8) is 0 Å². The molecule has 156 valence electrons. The van der Waals surface area contributed by atoms with Gasteiger partial charge in [0.15, 0.2) is 0 Å². The summed E-state index contributed by atoms with van der Waals surface area (Å²) in [6.45, 7) is 4.67. The molecule has 2 aromatic carbocycles. The number of para-hydroxylation sites is 1. The van der Waals surface area contributed by atoms with E-state index in [9.17, 15) is 5.11 Å². The maximum atomic E-state index is 9.84. The van der Waals surface area contributed by atoms with E-state index < -0.39 is 0 Å². The lowest BCUT2D eigenvalue weighted by atomic mass is 9.99. The maximum absolute atomic E-state index is 9.84. The fourth-order valence-electron chi connectivity index (χ4n) is 3.50. The first-order chi connectivity index (χ1) is 14.5. The van der Waals surface area contributed by atoms with Crippen molar-refractivity contribution in [1.29, 1.82) is 5.41 Å². The summed E-state index contributed by atoms with van der Waals surface area (Å²) in [7, 11) is 2.05. The Morgan fingerprint density at radius 1 is 1.17 bits per heavy atom. The molecule has 3 aromatic rings. The second kappa shape index (κ2) is 9.67. The maximum Gasteiger partial charge on any atom is 0.136 e. The van der Waals surface area contributed by atoms with Crippen LogP contribution in [0.4, 0.5) is 11.5 Å². The van der Waals surface area contributed by atoms with E-state index in [-0.39, 0.29) is 5.75 Å². The summed E-state index contributed by atoms with van der Waals surface area (Å²) in [4.78, 5) is 4.86. The number of rotatable bonds is 8. The van der Waals surface area contributed by atoms with Crippen molar-refractivity contribution in [2.24, 2.45) is 0 Å². The zero-order chi connectivity index (χ0) is 21.7. The average Bonchev–Trinajstić information content (AvgIpc) is 2.76. The molecule has 0 aliphatic carbocycles. The van der Waals surface area contributed by atoms with Gasteiger partial charge in [0.05, 0.1) is 11.4 Å². The summed E-state index contributed by atoms with van der Waals surface area (Å²) in [5, 5.41) is 21.2. The molecule has 0 aliphatic rings. The van der Waals surface area contributed by atoms with Crippen LogP contribution in [-0.2, 0) is 13.0 Å². The van der Waals surface area contributed by atoms with Gasteiger partial charge in [-0.1, -0.05) is 37.1 Å². The van der Waals surface area contributed by atoms with Crippen molar-refractivity contribution in [1.82, 2.24) is 4.98 Å². The highest BCUT2D eigenvalue weighted by Crippen LogP contribution is 2.30. The Hall–Kier alpha value is -2.99. The fourth-order valence-corrected chi connectivity index (χ4v) is 3.88. The molecule has 0 spiro atoms. The Bertz CT molecular complexity index is 1050. The number of nitrogens with one attached hydrogen (secondary N) is 2. The standard InChI is InChI=1S/C24H28N4OS/c1-5-17-13-19(29)10-11-20(17)22-12-16(2)21(14-25)24(27-22)26-15-18-8-6-7-9-23(18)28(3)30-4/h6-14,25,29H,5,15H2,1-4H3,(H,26,27). The van der Waals surface area contributed by atoms with Gasteiger partial charge in [0, 0.05) is 37.2 Å². The molecule has 0 saturated carbocycles. The SMILES string of the molecule is CCc1cc(O)ccc1-c1cc(C)c(C=N)c(NCc2ccccc2N(C)SC)n1. The quantitative estimate of drug-likeness (QED) is 0.324. The molecular weight excluding hydrogens is 392 g/mol. The third kappa shape index (κ3) is 4.60. The van der Waals surface area contributed by atoms with Crippen LogP contribution in [0.2, 0.25) is 0 Å². The van der Waals surface area contributed by atoms with Crippen LogP contribution in [0, 0.1) is 12.3 Å². The zero-order valence-electron chi connectivity index (χ0n) is 17.9. The minimum absolute atomic E-state index is 0.260. The van der Waals surface area contributed by atoms with Crippen LogP contribution in [0.1, 0.15) is 29.2 Å². The first-order valence-corrected chi connectivity index (χ1v) is 11.1. The fraction of sp³-hybridized carbons (Fsp3) is 0.250. The molecule has 30 heavy (non-hydrogen) atoms. The molecule has 0 unspecified atom stereocenters. The molecule has 3 rings (SSSR count). The van der Waals surface area contributed by atoms with E-state index in [0.29, 0.717) is 12.4 Å². The van der Waals surface area contributed by atoms with Crippen molar-refractivity contribution in [3.8, 4) is 17.0 Å². The van der Waals surface area contributed by atoms with Crippen molar-refractivity contribution in [3.05, 3.63) is 70.8 Å². The number of aryl methyl sites for hydroxylation is 2. The molecule has 0 fully saturated rings. The number of pyridine rings is 1. The van der Waals surface area contributed by atoms with E-state index in [4.69, 9.17) is 10.4 Å². The summed E-state index contributed by atoms with van der Waals surface area (Å²) < 4.78 is 2.13. The Labute approximate surface area is 182 Å². The predicted molar refractivity (Wildman–Crippen MR) is 129 cm³/mol. The largest absolute Gasteiger partial charge is 0.508 e. The number of benzene rings is 2.